The fourth-order valence-corrected chi connectivity index (χ4v) is 2.34. The maximum absolute atomic E-state index is 13.3. The van der Waals surface area contributed by atoms with E-state index in [1.807, 2.05) is 0 Å². The molecule has 0 aromatic carbocycles. The van der Waals surface area contributed by atoms with Crippen LogP contribution in [0.3, 0.4) is 0 Å². The predicted molar refractivity (Wildman–Crippen MR) is 64.9 cm³/mol. The molecule has 20 heavy (non-hydrogen) atoms. The first kappa shape index (κ1) is 13.2. The number of nitrogens with zero attached hydrogens (tertiary/aromatic N) is 3. The van der Waals surface area contributed by atoms with Gasteiger partial charge in [-0.25, -0.2) is 9.97 Å². The van der Waals surface area contributed by atoms with Crippen molar-refractivity contribution in [3.05, 3.63) is 18.3 Å². The Morgan fingerprint density at radius 1 is 1.40 bits per heavy atom. The summed E-state index contributed by atoms with van der Waals surface area (Å²) in [5, 5.41) is 28.7. The second-order valence-electron chi connectivity index (χ2n) is 4.58. The standard InChI is InChI=1S/C11H13FN4O4/c12-6-1-4-7(10(13)15-6)14-3-16(4)11-9(19)8(18)5(2-17)20-11/h1,3,5,8-9,11,17-19H,2H2,(H2,13,15)/t5-,8-,9-,11-/m1/s1. The van der Waals surface area contributed by atoms with Gasteiger partial charge in [-0.3, -0.25) is 0 Å². The molecule has 0 aliphatic carbocycles. The summed E-state index contributed by atoms with van der Waals surface area (Å²) in [6, 6.07) is 1.10. The third-order valence-corrected chi connectivity index (χ3v) is 3.35. The normalized spacial score (nSPS) is 30.2. The number of hydrogen-bond donors (Lipinski definition) is 4. The Morgan fingerprint density at radius 3 is 2.80 bits per heavy atom. The van der Waals surface area contributed by atoms with Crippen molar-refractivity contribution < 1.29 is 24.4 Å². The Hall–Kier alpha value is -1.81. The molecule has 4 atom stereocenters. The van der Waals surface area contributed by atoms with Crippen LogP contribution in [0.25, 0.3) is 11.0 Å². The second kappa shape index (κ2) is 4.63. The largest absolute Gasteiger partial charge is 0.394 e. The van der Waals surface area contributed by atoms with Gasteiger partial charge in [-0.15, -0.1) is 0 Å². The van der Waals surface area contributed by atoms with Gasteiger partial charge in [0, 0.05) is 6.07 Å². The fourth-order valence-electron chi connectivity index (χ4n) is 2.34. The minimum atomic E-state index is -1.28. The smallest absolute Gasteiger partial charge is 0.217 e. The topological polar surface area (TPSA) is 127 Å². The number of imidazole rings is 1. The van der Waals surface area contributed by atoms with E-state index in [1.165, 1.54) is 10.9 Å². The summed E-state index contributed by atoms with van der Waals surface area (Å²) in [6.45, 7) is -0.445. The Morgan fingerprint density at radius 2 is 2.15 bits per heavy atom. The molecule has 1 aliphatic heterocycles. The number of hydrogen-bond acceptors (Lipinski definition) is 7. The van der Waals surface area contributed by atoms with E-state index in [2.05, 4.69) is 9.97 Å². The molecule has 0 bridgehead atoms. The van der Waals surface area contributed by atoms with E-state index in [4.69, 9.17) is 15.6 Å². The summed E-state index contributed by atoms with van der Waals surface area (Å²) in [7, 11) is 0. The van der Waals surface area contributed by atoms with Crippen molar-refractivity contribution in [2.75, 3.05) is 12.3 Å². The maximum Gasteiger partial charge on any atom is 0.217 e. The van der Waals surface area contributed by atoms with Crippen molar-refractivity contribution in [2.24, 2.45) is 0 Å². The van der Waals surface area contributed by atoms with Crippen LogP contribution in [0.15, 0.2) is 12.4 Å². The second-order valence-corrected chi connectivity index (χ2v) is 4.58. The van der Waals surface area contributed by atoms with Gasteiger partial charge in [0.2, 0.25) is 5.95 Å². The van der Waals surface area contributed by atoms with Crippen LogP contribution in [0.5, 0.6) is 0 Å². The molecular weight excluding hydrogens is 271 g/mol. The van der Waals surface area contributed by atoms with E-state index in [1.54, 1.807) is 0 Å². The quantitative estimate of drug-likeness (QED) is 0.508. The first-order valence-corrected chi connectivity index (χ1v) is 5.94. The number of nitrogens with two attached hydrogens (primary N) is 1. The Labute approximate surface area is 112 Å². The van der Waals surface area contributed by atoms with Gasteiger partial charge in [0.25, 0.3) is 0 Å². The molecule has 2 aromatic rings. The van der Waals surface area contributed by atoms with Crippen LogP contribution in [0, 0.1) is 5.95 Å². The summed E-state index contributed by atoms with van der Waals surface area (Å²) in [4.78, 5) is 7.44. The minimum Gasteiger partial charge on any atom is -0.394 e. The molecule has 108 valence electrons. The highest BCUT2D eigenvalue weighted by molar-refractivity contribution is 5.84. The van der Waals surface area contributed by atoms with E-state index < -0.39 is 37.1 Å². The van der Waals surface area contributed by atoms with Crippen molar-refractivity contribution in [3.63, 3.8) is 0 Å². The van der Waals surface area contributed by atoms with E-state index in [-0.39, 0.29) is 16.9 Å². The van der Waals surface area contributed by atoms with E-state index in [0.717, 1.165) is 6.07 Å². The summed E-state index contributed by atoms with van der Waals surface area (Å²) in [6.07, 6.45) is -3.12. The molecule has 2 aromatic heterocycles. The monoisotopic (exact) mass is 284 g/mol. The lowest BCUT2D eigenvalue weighted by atomic mass is 10.1. The number of aliphatic hydroxyl groups excluding tert-OH is 3. The van der Waals surface area contributed by atoms with Crippen LogP contribution in [0.2, 0.25) is 0 Å². The molecular formula is C11H13FN4O4. The molecule has 5 N–H and O–H groups in total. The summed E-state index contributed by atoms with van der Waals surface area (Å²) >= 11 is 0. The molecule has 0 unspecified atom stereocenters. The number of aromatic nitrogens is 3. The summed E-state index contributed by atoms with van der Waals surface area (Å²) < 4.78 is 20.0. The average Bonchev–Trinajstić information content (AvgIpc) is 2.93. The molecule has 0 amide bonds. The van der Waals surface area contributed by atoms with Gasteiger partial charge in [-0.05, 0) is 0 Å². The zero-order valence-corrected chi connectivity index (χ0v) is 10.2. The van der Waals surface area contributed by atoms with Gasteiger partial charge >= 0.3 is 0 Å². The van der Waals surface area contributed by atoms with Gasteiger partial charge in [0.15, 0.2) is 12.0 Å². The Bertz CT molecular complexity index is 649. The summed E-state index contributed by atoms with van der Waals surface area (Å²) in [5.41, 5.74) is 6.11. The molecule has 1 saturated heterocycles. The Kier molecular flexibility index (Phi) is 3.05. The number of nitrogen functional groups attached to an aromatic ring is 1. The third kappa shape index (κ3) is 1.83. The molecule has 1 aliphatic rings. The highest BCUT2D eigenvalue weighted by Crippen LogP contribution is 2.32. The molecule has 0 saturated carbocycles. The molecule has 0 spiro atoms. The van der Waals surface area contributed by atoms with E-state index in [9.17, 15) is 14.6 Å². The maximum atomic E-state index is 13.3. The van der Waals surface area contributed by atoms with Crippen LogP contribution >= 0.6 is 0 Å². The van der Waals surface area contributed by atoms with E-state index in [0.29, 0.717) is 0 Å². The van der Waals surface area contributed by atoms with Crippen molar-refractivity contribution in [1.29, 1.82) is 0 Å². The zero-order chi connectivity index (χ0) is 14.4. The Balaban J connectivity index is 2.07. The zero-order valence-electron chi connectivity index (χ0n) is 10.2. The predicted octanol–water partition coefficient (Wildman–Crippen LogP) is -1.24. The molecule has 0 radical (unpaired) electrons. The number of pyridine rings is 1. The number of halogens is 1. The lowest BCUT2D eigenvalue weighted by molar-refractivity contribution is -0.0509. The van der Waals surface area contributed by atoms with Crippen LogP contribution in [-0.4, -0.2) is 54.8 Å². The van der Waals surface area contributed by atoms with Crippen molar-refractivity contribution in [2.45, 2.75) is 24.5 Å². The lowest BCUT2D eigenvalue weighted by Gasteiger charge is -2.17. The van der Waals surface area contributed by atoms with E-state index >= 15 is 0 Å². The SMILES string of the molecule is Nc1nc(F)cc2c1ncn2[C@@H]1O[C@H](CO)[C@@H](O)[C@H]1O. The number of ether oxygens (including phenoxy) is 1. The highest BCUT2D eigenvalue weighted by atomic mass is 19.1. The van der Waals surface area contributed by atoms with Crippen molar-refractivity contribution in [3.8, 4) is 0 Å². The van der Waals surface area contributed by atoms with Gasteiger partial charge in [-0.1, -0.05) is 0 Å². The van der Waals surface area contributed by atoms with Crippen molar-refractivity contribution in [1.82, 2.24) is 14.5 Å². The minimum absolute atomic E-state index is 0.0782. The first-order chi connectivity index (χ1) is 9.52. The number of aliphatic hydroxyl groups is 3. The number of anilines is 1. The van der Waals surface area contributed by atoms with Crippen LogP contribution < -0.4 is 5.73 Å². The highest BCUT2D eigenvalue weighted by Gasteiger charge is 2.43. The van der Waals surface area contributed by atoms with Crippen LogP contribution in [-0.2, 0) is 4.74 Å². The molecule has 1 fully saturated rings. The first-order valence-electron chi connectivity index (χ1n) is 5.94. The molecule has 3 heterocycles. The van der Waals surface area contributed by atoms with Gasteiger partial charge < -0.3 is 30.4 Å². The van der Waals surface area contributed by atoms with Gasteiger partial charge in [-0.2, -0.15) is 4.39 Å². The third-order valence-electron chi connectivity index (χ3n) is 3.35. The average molecular weight is 284 g/mol. The lowest BCUT2D eigenvalue weighted by Crippen LogP contribution is -2.33. The number of fused-ring (bicyclic) bond motifs is 1. The summed E-state index contributed by atoms with van der Waals surface area (Å²) in [5.74, 6) is -0.867. The fraction of sp³-hybridized carbons (Fsp3) is 0.455. The van der Waals surface area contributed by atoms with Crippen molar-refractivity contribution >= 4 is 16.9 Å². The van der Waals surface area contributed by atoms with Gasteiger partial charge in [0.1, 0.15) is 23.8 Å². The molecule has 9 heteroatoms. The molecule has 8 nitrogen and oxygen atoms in total. The van der Waals surface area contributed by atoms with Crippen LogP contribution in [0.4, 0.5) is 10.2 Å². The van der Waals surface area contributed by atoms with Gasteiger partial charge in [0.05, 0.1) is 18.5 Å². The molecule has 3 rings (SSSR count). The van der Waals surface area contributed by atoms with Crippen LogP contribution in [0.1, 0.15) is 6.23 Å². The number of rotatable bonds is 2.